The average Bonchev–Trinajstić information content (AvgIpc) is 3.73. The highest BCUT2D eigenvalue weighted by molar-refractivity contribution is 6.34. The van der Waals surface area contributed by atoms with E-state index in [4.69, 9.17) is 11.6 Å². The highest BCUT2D eigenvalue weighted by Crippen LogP contribution is 2.37. The zero-order valence-electron chi connectivity index (χ0n) is 30.2. The second-order valence-corrected chi connectivity index (χ2v) is 14.8. The summed E-state index contributed by atoms with van der Waals surface area (Å²) in [5.74, 6) is -3.11. The number of ketones is 1. The lowest BCUT2D eigenvalue weighted by atomic mass is 9.90. The highest BCUT2D eigenvalue weighted by atomic mass is 35.5. The van der Waals surface area contributed by atoms with Gasteiger partial charge in [-0.15, -0.1) is 0 Å². The van der Waals surface area contributed by atoms with E-state index in [1.165, 1.54) is 12.3 Å². The van der Waals surface area contributed by atoms with Gasteiger partial charge in [-0.2, -0.15) is 15.3 Å². The van der Waals surface area contributed by atoms with E-state index >= 15 is 0 Å². The summed E-state index contributed by atoms with van der Waals surface area (Å²) in [6.07, 6.45) is 3.95. The number of azo groups is 1. The third-order valence-corrected chi connectivity index (χ3v) is 11.2. The molecule has 0 radical (unpaired) electrons. The Balaban J connectivity index is 0.903. The van der Waals surface area contributed by atoms with Gasteiger partial charge < -0.3 is 10.2 Å². The van der Waals surface area contributed by atoms with Crippen molar-refractivity contribution in [3.8, 4) is 0 Å². The van der Waals surface area contributed by atoms with Crippen LogP contribution in [0.4, 0.5) is 17.1 Å². The number of nitrogens with one attached hydrogen (secondary N) is 3. The zero-order valence-corrected chi connectivity index (χ0v) is 30.9. The minimum atomic E-state index is -1.07. The van der Waals surface area contributed by atoms with E-state index in [2.05, 4.69) is 31.1 Å². The number of aromatic amines is 1. The van der Waals surface area contributed by atoms with Gasteiger partial charge in [0.25, 0.3) is 23.6 Å². The SMILES string of the molecule is Cc1cccc(Cl)c1C(=O)Nc1cn[nH]c1C(=O)CC1CCN(C(=O)c2ccc3c(c2)N=Nc2cc4c(cc2CC3)C(=O)N(C2CCC(=O)NC2=O)C4=O)CC1. The highest BCUT2D eigenvalue weighted by Gasteiger charge is 2.45. The standard InChI is InChI=1S/C40H35ClN8O7/c1-20-3-2-4-27(41)34(20)37(53)43-30-19-42-47-35(30)32(50)15-21-11-13-48(14-12-21)38(54)24-8-6-22-5-7-23-16-25-26(18-29(23)46-45-28(22)17-24)40(56)49(39(25)55)31-9-10-33(51)44-36(31)52/h2-4,6,8,16-19,21,31H,5,7,9-15H2,1H3,(H,42,47)(H,43,53)(H,44,51,52). The first kappa shape index (κ1) is 36.6. The summed E-state index contributed by atoms with van der Waals surface area (Å²) in [6, 6.07) is 12.5. The van der Waals surface area contributed by atoms with Crippen molar-refractivity contribution in [3.05, 3.63) is 104 Å². The summed E-state index contributed by atoms with van der Waals surface area (Å²) in [7, 11) is 0. The maximum Gasteiger partial charge on any atom is 0.262 e. The second kappa shape index (κ2) is 14.7. The molecular weight excluding hydrogens is 740 g/mol. The lowest BCUT2D eigenvalue weighted by Gasteiger charge is -2.32. The van der Waals surface area contributed by atoms with Crippen molar-refractivity contribution in [2.24, 2.45) is 16.1 Å². The summed E-state index contributed by atoms with van der Waals surface area (Å²) in [5, 5.41) is 20.9. The lowest BCUT2D eigenvalue weighted by molar-refractivity contribution is -0.136. The second-order valence-electron chi connectivity index (χ2n) is 14.4. The van der Waals surface area contributed by atoms with Crippen molar-refractivity contribution in [2.45, 2.75) is 57.9 Å². The number of hydrogen-bond donors (Lipinski definition) is 3. The fourth-order valence-electron chi connectivity index (χ4n) is 7.81. The summed E-state index contributed by atoms with van der Waals surface area (Å²) < 4.78 is 0. The maximum atomic E-state index is 13.7. The molecule has 8 rings (SSSR count). The predicted molar refractivity (Wildman–Crippen MR) is 201 cm³/mol. The van der Waals surface area contributed by atoms with Crippen LogP contribution in [0.15, 0.2) is 65.0 Å². The van der Waals surface area contributed by atoms with Crippen LogP contribution in [0.1, 0.15) is 101 Å². The molecule has 15 nitrogen and oxygen atoms in total. The van der Waals surface area contributed by atoms with Gasteiger partial charge in [0.2, 0.25) is 11.8 Å². The van der Waals surface area contributed by atoms with Gasteiger partial charge in [0, 0.05) is 31.5 Å². The predicted octanol–water partition coefficient (Wildman–Crippen LogP) is 5.66. The van der Waals surface area contributed by atoms with Crippen LogP contribution in [0.5, 0.6) is 0 Å². The van der Waals surface area contributed by atoms with Gasteiger partial charge in [0.05, 0.1) is 45.0 Å². The van der Waals surface area contributed by atoms with E-state index in [-0.39, 0.29) is 59.4 Å². The molecule has 56 heavy (non-hydrogen) atoms. The number of carbonyl (C=O) groups is 7. The number of aromatic nitrogens is 2. The molecule has 4 aliphatic rings. The number of carbonyl (C=O) groups excluding carboxylic acids is 7. The van der Waals surface area contributed by atoms with Crippen LogP contribution < -0.4 is 10.6 Å². The van der Waals surface area contributed by atoms with Crippen LogP contribution in [0.3, 0.4) is 0 Å². The Morgan fingerprint density at radius 3 is 2.32 bits per heavy atom. The van der Waals surface area contributed by atoms with E-state index < -0.39 is 35.6 Å². The number of aryl methyl sites for hydroxylation is 3. The third kappa shape index (κ3) is 6.78. The number of piperidine rings is 2. The number of benzene rings is 3. The van der Waals surface area contributed by atoms with Crippen molar-refractivity contribution in [1.29, 1.82) is 0 Å². The van der Waals surface area contributed by atoms with Crippen molar-refractivity contribution in [2.75, 3.05) is 18.4 Å². The molecule has 3 aromatic carbocycles. The number of imide groups is 2. The van der Waals surface area contributed by atoms with Gasteiger partial charge >= 0.3 is 0 Å². The number of H-pyrrole nitrogens is 1. The molecule has 0 aliphatic carbocycles. The summed E-state index contributed by atoms with van der Waals surface area (Å²) >= 11 is 6.26. The van der Waals surface area contributed by atoms with Crippen molar-refractivity contribution in [1.82, 2.24) is 25.3 Å². The molecule has 5 heterocycles. The Bertz CT molecular complexity index is 2390. The molecule has 2 fully saturated rings. The number of nitrogens with zero attached hydrogens (tertiary/aromatic N) is 5. The number of rotatable bonds is 7. The monoisotopic (exact) mass is 774 g/mol. The number of halogens is 1. The third-order valence-electron chi connectivity index (χ3n) is 10.9. The summed E-state index contributed by atoms with van der Waals surface area (Å²) in [4.78, 5) is 93.5. The topological polar surface area (TPSA) is 203 Å². The molecule has 0 spiro atoms. The van der Waals surface area contributed by atoms with Crippen LogP contribution in [0.25, 0.3) is 0 Å². The first-order valence-electron chi connectivity index (χ1n) is 18.3. The molecule has 0 bridgehead atoms. The molecule has 16 heteroatoms. The molecule has 3 N–H and O–H groups in total. The molecule has 4 aromatic rings. The van der Waals surface area contributed by atoms with Crippen molar-refractivity contribution < 1.29 is 33.6 Å². The molecule has 6 amide bonds. The largest absolute Gasteiger partial charge is 0.339 e. The Morgan fingerprint density at radius 2 is 1.59 bits per heavy atom. The Morgan fingerprint density at radius 1 is 0.875 bits per heavy atom. The van der Waals surface area contributed by atoms with Gasteiger partial charge in [-0.1, -0.05) is 29.8 Å². The van der Waals surface area contributed by atoms with Gasteiger partial charge in [-0.05, 0) is 92.0 Å². The van der Waals surface area contributed by atoms with Gasteiger partial charge in [0.15, 0.2) is 5.78 Å². The number of hydrogen-bond acceptors (Lipinski definition) is 10. The normalized spacial score (nSPS) is 18.1. The number of fused-ring (bicyclic) bond motifs is 3. The Labute approximate surface area is 324 Å². The minimum Gasteiger partial charge on any atom is -0.339 e. The molecular formula is C40H35ClN8O7. The first-order chi connectivity index (χ1) is 27.0. The fraction of sp³-hybridized carbons (Fsp3) is 0.300. The summed E-state index contributed by atoms with van der Waals surface area (Å²) in [6.45, 7) is 2.69. The molecule has 0 saturated carbocycles. The van der Waals surface area contributed by atoms with Gasteiger partial charge in [-0.3, -0.25) is 48.9 Å². The van der Waals surface area contributed by atoms with Crippen molar-refractivity contribution in [3.63, 3.8) is 0 Å². The Kier molecular flexibility index (Phi) is 9.62. The number of anilines is 1. The van der Waals surface area contributed by atoms with E-state index in [1.54, 1.807) is 48.2 Å². The number of Topliss-reactive ketones (excluding diaryl/α,β-unsaturated/α-hetero) is 1. The molecule has 1 aromatic heterocycles. The Hall–Kier alpha value is -6.35. The maximum absolute atomic E-state index is 13.7. The number of likely N-dealkylation sites (tertiary alicyclic amines) is 1. The molecule has 1 atom stereocenters. The first-order valence-corrected chi connectivity index (χ1v) is 18.7. The fourth-order valence-corrected chi connectivity index (χ4v) is 8.11. The minimum absolute atomic E-state index is 0.0219. The van der Waals surface area contributed by atoms with E-state index in [9.17, 15) is 33.6 Å². The molecule has 284 valence electrons. The van der Waals surface area contributed by atoms with Gasteiger partial charge in [0.1, 0.15) is 11.7 Å². The smallest absolute Gasteiger partial charge is 0.262 e. The van der Waals surface area contributed by atoms with Crippen LogP contribution in [0, 0.1) is 12.8 Å². The van der Waals surface area contributed by atoms with Crippen LogP contribution in [-0.2, 0) is 22.4 Å². The number of amides is 6. The zero-order chi connectivity index (χ0) is 39.2. The van der Waals surface area contributed by atoms with E-state index in [0.29, 0.717) is 77.4 Å². The van der Waals surface area contributed by atoms with E-state index in [1.807, 2.05) is 6.07 Å². The van der Waals surface area contributed by atoms with Gasteiger partial charge in [-0.25, -0.2) is 0 Å². The molecule has 2 saturated heterocycles. The lowest BCUT2D eigenvalue weighted by Crippen LogP contribution is -2.54. The quantitative estimate of drug-likeness (QED) is 0.157. The molecule has 4 aliphatic heterocycles. The van der Waals surface area contributed by atoms with Crippen molar-refractivity contribution >= 4 is 69.9 Å². The van der Waals surface area contributed by atoms with Crippen LogP contribution in [0.2, 0.25) is 5.02 Å². The van der Waals surface area contributed by atoms with E-state index in [0.717, 1.165) is 10.5 Å². The summed E-state index contributed by atoms with van der Waals surface area (Å²) in [5.41, 5.74) is 4.75. The van der Waals surface area contributed by atoms with Crippen LogP contribution in [-0.4, -0.2) is 80.4 Å². The van der Waals surface area contributed by atoms with Crippen LogP contribution >= 0.6 is 11.6 Å². The average molecular weight is 775 g/mol. The molecule has 1 unspecified atom stereocenters.